The molecule has 21 heavy (non-hydrogen) atoms. The van der Waals surface area contributed by atoms with Gasteiger partial charge in [0.25, 0.3) is 0 Å². The summed E-state index contributed by atoms with van der Waals surface area (Å²) in [6.45, 7) is 0. The second-order valence-electron chi connectivity index (χ2n) is 3.98. The van der Waals surface area contributed by atoms with Gasteiger partial charge in [-0.2, -0.15) is 0 Å². The number of benzene rings is 1. The summed E-state index contributed by atoms with van der Waals surface area (Å²) < 4.78 is 68.6. The molecule has 1 N–H and O–H groups in total. The molecule has 1 heterocycles. The Balaban J connectivity index is 2.72. The normalized spacial score (nSPS) is 12.8. The van der Waals surface area contributed by atoms with Crippen LogP contribution in [-0.4, -0.2) is 7.05 Å². The topological polar surface area (TPSA) is 12.0 Å². The third-order valence-corrected chi connectivity index (χ3v) is 5.20. The summed E-state index contributed by atoms with van der Waals surface area (Å²) in [7, 11) is 1.36. The molecule has 114 valence electrons. The number of hydrogen-bond acceptors (Lipinski definition) is 2. The Morgan fingerprint density at radius 3 is 1.81 bits per heavy atom. The largest absolute Gasteiger partial charge is 0.309 e. The highest BCUT2D eigenvalue weighted by atomic mass is 79.9. The maximum atomic E-state index is 13.9. The van der Waals surface area contributed by atoms with Crippen molar-refractivity contribution < 1.29 is 22.0 Å². The monoisotopic (exact) mass is 449 g/mol. The molecule has 0 saturated heterocycles. The first kappa shape index (κ1) is 16.9. The van der Waals surface area contributed by atoms with E-state index in [1.165, 1.54) is 24.5 Å². The van der Waals surface area contributed by atoms with Crippen LogP contribution in [0.15, 0.2) is 13.6 Å². The van der Waals surface area contributed by atoms with E-state index in [0.29, 0.717) is 13.1 Å². The number of halogens is 7. The van der Waals surface area contributed by atoms with Crippen LogP contribution in [0.3, 0.4) is 0 Å². The molecule has 1 atom stereocenters. The van der Waals surface area contributed by atoms with Gasteiger partial charge in [-0.15, -0.1) is 11.3 Å². The summed E-state index contributed by atoms with van der Waals surface area (Å²) in [5, 5.41) is 2.56. The molecule has 1 nitrogen and oxygen atoms in total. The number of nitrogens with one attached hydrogen (secondary N) is 1. The smallest absolute Gasteiger partial charge is 0.200 e. The van der Waals surface area contributed by atoms with Crippen LogP contribution in [0, 0.1) is 29.1 Å². The predicted octanol–water partition coefficient (Wildman–Crippen LogP) is 5.28. The van der Waals surface area contributed by atoms with Gasteiger partial charge in [0.05, 0.1) is 19.2 Å². The average molecular weight is 451 g/mol. The zero-order chi connectivity index (χ0) is 15.9. The van der Waals surface area contributed by atoms with E-state index < -0.39 is 40.7 Å². The fourth-order valence-electron chi connectivity index (χ4n) is 1.88. The molecule has 9 heteroatoms. The average Bonchev–Trinajstić information content (AvgIpc) is 2.78. The van der Waals surface area contributed by atoms with Crippen molar-refractivity contribution in [3.05, 3.63) is 53.9 Å². The van der Waals surface area contributed by atoms with Crippen molar-refractivity contribution in [1.29, 1.82) is 0 Å². The first-order chi connectivity index (χ1) is 9.79. The Hall–Kier alpha value is -0.510. The molecule has 2 aromatic rings. The van der Waals surface area contributed by atoms with Gasteiger partial charge in [-0.05, 0) is 50.5 Å². The minimum Gasteiger partial charge on any atom is -0.309 e. The quantitative estimate of drug-likeness (QED) is 0.381. The summed E-state index contributed by atoms with van der Waals surface area (Å²) in [4.78, 5) is 0. The van der Waals surface area contributed by atoms with Gasteiger partial charge < -0.3 is 5.32 Å². The van der Waals surface area contributed by atoms with Crippen LogP contribution in [0.5, 0.6) is 0 Å². The summed E-state index contributed by atoms with van der Waals surface area (Å²) in [6, 6.07) is 0.347. The summed E-state index contributed by atoms with van der Waals surface area (Å²) in [5.41, 5.74) is -0.558. The molecule has 2 rings (SSSR count). The van der Waals surface area contributed by atoms with Crippen molar-refractivity contribution in [3.63, 3.8) is 0 Å². The summed E-state index contributed by atoms with van der Waals surface area (Å²) >= 11 is 7.61. The minimum atomic E-state index is -2.17. The van der Waals surface area contributed by atoms with Gasteiger partial charge in [0.15, 0.2) is 23.3 Å². The molecule has 0 spiro atoms. The molecule has 0 aliphatic rings. The highest BCUT2D eigenvalue weighted by Gasteiger charge is 2.31. The van der Waals surface area contributed by atoms with Crippen molar-refractivity contribution in [2.45, 2.75) is 6.04 Å². The van der Waals surface area contributed by atoms with Gasteiger partial charge in [0, 0.05) is 0 Å². The molecule has 0 fully saturated rings. The lowest BCUT2D eigenvalue weighted by molar-refractivity contribution is 0.364. The fraction of sp³-hybridized carbons (Fsp3) is 0.167. The molecule has 1 aromatic carbocycles. The Bertz CT molecular complexity index is 674. The molecule has 0 aliphatic carbocycles. The van der Waals surface area contributed by atoms with Crippen LogP contribution in [0.4, 0.5) is 22.0 Å². The zero-order valence-corrected chi connectivity index (χ0v) is 14.2. The van der Waals surface area contributed by atoms with E-state index in [-0.39, 0.29) is 0 Å². The summed E-state index contributed by atoms with van der Waals surface area (Å²) in [5.74, 6) is -9.79. The standard InChI is InChI=1S/C12H6Br2F5NS/c1-20-11(3-2-4(13)21-12(3)14)5-6(15)8(17)10(19)9(18)7(5)16/h2,11,20H,1H3. The van der Waals surface area contributed by atoms with E-state index in [2.05, 4.69) is 37.2 Å². The van der Waals surface area contributed by atoms with Crippen molar-refractivity contribution in [1.82, 2.24) is 5.32 Å². The minimum absolute atomic E-state index is 0.359. The number of rotatable bonds is 3. The van der Waals surface area contributed by atoms with Crippen molar-refractivity contribution in [2.24, 2.45) is 0 Å². The lowest BCUT2D eigenvalue weighted by Crippen LogP contribution is -2.22. The van der Waals surface area contributed by atoms with Crippen molar-refractivity contribution in [3.8, 4) is 0 Å². The zero-order valence-electron chi connectivity index (χ0n) is 10.2. The molecule has 1 aromatic heterocycles. The van der Waals surface area contributed by atoms with E-state index in [0.717, 1.165) is 0 Å². The van der Waals surface area contributed by atoms with E-state index in [4.69, 9.17) is 0 Å². The van der Waals surface area contributed by atoms with E-state index in [1.807, 2.05) is 0 Å². The van der Waals surface area contributed by atoms with Gasteiger partial charge >= 0.3 is 0 Å². The fourth-order valence-corrected chi connectivity index (χ4v) is 4.78. The van der Waals surface area contributed by atoms with E-state index >= 15 is 0 Å². The molecular weight excluding hydrogens is 445 g/mol. The van der Waals surface area contributed by atoms with E-state index in [9.17, 15) is 22.0 Å². The maximum absolute atomic E-state index is 13.9. The first-order valence-electron chi connectivity index (χ1n) is 5.42. The molecule has 1 unspecified atom stereocenters. The molecular formula is C12H6Br2F5NS. The van der Waals surface area contributed by atoms with Crippen LogP contribution in [-0.2, 0) is 0 Å². The van der Waals surface area contributed by atoms with Crippen LogP contribution < -0.4 is 5.32 Å². The predicted molar refractivity (Wildman–Crippen MR) is 76.9 cm³/mol. The second-order valence-corrected chi connectivity index (χ2v) is 7.73. The van der Waals surface area contributed by atoms with Gasteiger partial charge in [-0.3, -0.25) is 0 Å². The highest BCUT2D eigenvalue weighted by molar-refractivity contribution is 9.12. The van der Waals surface area contributed by atoms with Crippen LogP contribution in [0.2, 0.25) is 0 Å². The van der Waals surface area contributed by atoms with Gasteiger partial charge in [0.1, 0.15) is 0 Å². The number of hydrogen-bond donors (Lipinski definition) is 1. The highest BCUT2D eigenvalue weighted by Crippen LogP contribution is 2.40. The Kier molecular flexibility index (Phi) is 5.07. The lowest BCUT2D eigenvalue weighted by Gasteiger charge is -2.18. The van der Waals surface area contributed by atoms with Crippen LogP contribution >= 0.6 is 43.2 Å². The molecule has 0 bridgehead atoms. The molecule has 0 aliphatic heterocycles. The Labute approximate surface area is 137 Å². The van der Waals surface area contributed by atoms with Crippen molar-refractivity contribution in [2.75, 3.05) is 7.05 Å². The van der Waals surface area contributed by atoms with Gasteiger partial charge in [-0.1, -0.05) is 0 Å². The first-order valence-corrected chi connectivity index (χ1v) is 7.83. The summed E-state index contributed by atoms with van der Waals surface area (Å²) in [6.07, 6.45) is 0. The molecule has 0 saturated carbocycles. The van der Waals surface area contributed by atoms with Crippen LogP contribution in [0.1, 0.15) is 17.2 Å². The molecule has 0 amide bonds. The SMILES string of the molecule is CNC(c1cc(Br)sc1Br)c1c(F)c(F)c(F)c(F)c1F. The third-order valence-electron chi connectivity index (χ3n) is 2.82. The van der Waals surface area contributed by atoms with Gasteiger partial charge in [-0.25, -0.2) is 22.0 Å². The van der Waals surface area contributed by atoms with Crippen LogP contribution in [0.25, 0.3) is 0 Å². The maximum Gasteiger partial charge on any atom is 0.200 e. The van der Waals surface area contributed by atoms with Crippen molar-refractivity contribution >= 4 is 43.2 Å². The van der Waals surface area contributed by atoms with Gasteiger partial charge in [0.2, 0.25) is 5.82 Å². The second kappa shape index (κ2) is 6.31. The Morgan fingerprint density at radius 2 is 1.43 bits per heavy atom. The lowest BCUT2D eigenvalue weighted by atomic mass is 9.99. The van der Waals surface area contributed by atoms with E-state index in [1.54, 1.807) is 0 Å². The Morgan fingerprint density at radius 1 is 0.952 bits per heavy atom. The third kappa shape index (κ3) is 2.88. The molecule has 0 radical (unpaired) electrons. The number of thiophene rings is 1.